The molecule has 232 valence electrons. The van der Waals surface area contributed by atoms with Crippen LogP contribution in [0.1, 0.15) is 89.9 Å². The van der Waals surface area contributed by atoms with E-state index in [1.807, 2.05) is 0 Å². The maximum absolute atomic E-state index is 12.8. The van der Waals surface area contributed by atoms with Gasteiger partial charge in [-0.2, -0.15) is 0 Å². The highest BCUT2D eigenvalue weighted by molar-refractivity contribution is 5.81. The molecule has 0 aliphatic heterocycles. The van der Waals surface area contributed by atoms with Crippen molar-refractivity contribution in [1.82, 2.24) is 0 Å². The minimum Gasteiger partial charge on any atom is -0.481 e. The van der Waals surface area contributed by atoms with Crippen LogP contribution < -0.4 is 0 Å². The minimum absolute atomic E-state index is 0.0561. The van der Waals surface area contributed by atoms with Crippen LogP contribution in [0, 0.1) is 33.8 Å². The van der Waals surface area contributed by atoms with Gasteiger partial charge in [-0.05, 0) is 83.0 Å². The molecule has 0 radical (unpaired) electrons. The molecule has 0 spiro atoms. The first-order chi connectivity index (χ1) is 19.6. The van der Waals surface area contributed by atoms with Crippen LogP contribution in [0.15, 0.2) is 0 Å². The maximum atomic E-state index is 12.8. The lowest BCUT2D eigenvalue weighted by atomic mass is 9.77. The van der Waals surface area contributed by atoms with Crippen molar-refractivity contribution in [3.8, 4) is 0 Å². The van der Waals surface area contributed by atoms with E-state index in [9.17, 15) is 39.8 Å². The summed E-state index contributed by atoms with van der Waals surface area (Å²) in [4.78, 5) is 57.6. The summed E-state index contributed by atoms with van der Waals surface area (Å²) in [7, 11) is 0. The first-order valence-corrected chi connectivity index (χ1v) is 15.0. The average Bonchev–Trinajstić information content (AvgIpc) is 2.95. The number of carbonyl (C=O) groups is 3. The normalized spacial score (nSPS) is 38.1. The van der Waals surface area contributed by atoms with Gasteiger partial charge >= 0.3 is 17.9 Å². The Morgan fingerprint density at radius 2 is 1.29 bits per heavy atom. The molecule has 13 heteroatoms. The fourth-order valence-electron chi connectivity index (χ4n) is 6.91. The van der Waals surface area contributed by atoms with Crippen molar-refractivity contribution in [3.05, 3.63) is 10.1 Å². The highest BCUT2D eigenvalue weighted by Gasteiger charge is 2.45. The first-order valence-electron chi connectivity index (χ1n) is 15.0. The molecule has 6 unspecified atom stereocenters. The van der Waals surface area contributed by atoms with E-state index < -0.39 is 52.7 Å². The molecular weight excluding hydrogens is 542 g/mol. The zero-order chi connectivity index (χ0) is 29.5. The summed E-state index contributed by atoms with van der Waals surface area (Å²) in [6, 6.07) is -0.939. The Kier molecular flexibility index (Phi) is 11.3. The van der Waals surface area contributed by atoms with Crippen LogP contribution in [0.2, 0.25) is 0 Å². The van der Waals surface area contributed by atoms with E-state index in [4.69, 9.17) is 19.2 Å². The summed E-state index contributed by atoms with van der Waals surface area (Å²) >= 11 is 0. The Labute approximate surface area is 238 Å². The van der Waals surface area contributed by atoms with Crippen molar-refractivity contribution in [1.29, 1.82) is 0 Å². The van der Waals surface area contributed by atoms with Crippen LogP contribution in [-0.2, 0) is 33.6 Å². The summed E-state index contributed by atoms with van der Waals surface area (Å²) in [5, 5.41) is 39.8. The lowest BCUT2D eigenvalue weighted by Gasteiger charge is -2.35. The lowest BCUT2D eigenvalue weighted by molar-refractivity contribution is -0.528. The second-order valence-corrected chi connectivity index (χ2v) is 12.2. The van der Waals surface area contributed by atoms with Crippen LogP contribution in [0.25, 0.3) is 0 Å². The van der Waals surface area contributed by atoms with E-state index in [2.05, 4.69) is 0 Å². The molecule has 4 rings (SSSR count). The van der Waals surface area contributed by atoms with Crippen molar-refractivity contribution in [3.63, 3.8) is 0 Å². The largest absolute Gasteiger partial charge is 0.481 e. The van der Waals surface area contributed by atoms with Gasteiger partial charge in [0.15, 0.2) is 0 Å². The maximum Gasteiger partial charge on any atom is 0.310 e. The van der Waals surface area contributed by atoms with Crippen LogP contribution in [0.4, 0.5) is 0 Å². The first kappa shape index (κ1) is 31.6. The van der Waals surface area contributed by atoms with E-state index >= 15 is 0 Å². The van der Waals surface area contributed by atoms with E-state index in [1.165, 1.54) is 0 Å². The SMILES string of the molecule is O=C(O)C1CC(O)CCC1COOC1CCC(OC2CCC(OC(=O)C3CCC([N+](=O)[O-])CC3C(=O)O)CC2)CC1. The summed E-state index contributed by atoms with van der Waals surface area (Å²) in [6.07, 6.45) is 6.67. The average molecular weight is 586 g/mol. The number of nitro groups is 1. The third kappa shape index (κ3) is 8.82. The summed E-state index contributed by atoms with van der Waals surface area (Å²) in [6.45, 7) is 0.199. The van der Waals surface area contributed by atoms with Gasteiger partial charge in [0.05, 0.1) is 48.8 Å². The molecule has 41 heavy (non-hydrogen) atoms. The monoisotopic (exact) mass is 585 g/mol. The second kappa shape index (κ2) is 14.7. The van der Waals surface area contributed by atoms with Gasteiger partial charge in [-0.1, -0.05) is 0 Å². The number of hydrogen-bond donors (Lipinski definition) is 3. The molecule has 3 N–H and O–H groups in total. The zero-order valence-corrected chi connectivity index (χ0v) is 23.3. The number of carboxylic acid groups (broad SMARTS) is 2. The molecule has 4 aliphatic rings. The van der Waals surface area contributed by atoms with Gasteiger partial charge in [-0.15, -0.1) is 0 Å². The molecule has 4 saturated carbocycles. The van der Waals surface area contributed by atoms with Gasteiger partial charge < -0.3 is 24.8 Å². The quantitative estimate of drug-likeness (QED) is 0.139. The van der Waals surface area contributed by atoms with Gasteiger partial charge in [0.25, 0.3) is 0 Å². The van der Waals surface area contributed by atoms with Crippen LogP contribution in [-0.4, -0.2) is 81.3 Å². The molecular formula is C28H43NO12. The summed E-state index contributed by atoms with van der Waals surface area (Å²) < 4.78 is 12.0. The Balaban J connectivity index is 1.11. The van der Waals surface area contributed by atoms with E-state index in [1.54, 1.807) is 0 Å². The molecule has 0 bridgehead atoms. The van der Waals surface area contributed by atoms with Crippen molar-refractivity contribution in [2.75, 3.05) is 6.61 Å². The van der Waals surface area contributed by atoms with Crippen LogP contribution in [0.5, 0.6) is 0 Å². The number of aliphatic hydroxyl groups excluding tert-OH is 1. The summed E-state index contributed by atoms with van der Waals surface area (Å²) in [5.74, 6) is -5.42. The van der Waals surface area contributed by atoms with Crippen molar-refractivity contribution in [2.45, 2.75) is 126 Å². The molecule has 0 aromatic heterocycles. The van der Waals surface area contributed by atoms with E-state index in [0.717, 1.165) is 38.5 Å². The molecule has 4 fully saturated rings. The van der Waals surface area contributed by atoms with E-state index in [0.29, 0.717) is 25.7 Å². The Bertz CT molecular complexity index is 914. The Hall–Kier alpha value is -2.35. The van der Waals surface area contributed by atoms with Gasteiger partial charge in [-0.25, -0.2) is 9.78 Å². The lowest BCUT2D eigenvalue weighted by Crippen LogP contribution is -2.42. The summed E-state index contributed by atoms with van der Waals surface area (Å²) in [5.41, 5.74) is 0. The zero-order valence-electron chi connectivity index (χ0n) is 23.3. The Morgan fingerprint density at radius 3 is 1.88 bits per heavy atom. The number of nitrogens with zero attached hydrogens (tertiary/aromatic N) is 1. The third-order valence-corrected chi connectivity index (χ3v) is 9.42. The number of carboxylic acids is 2. The predicted molar refractivity (Wildman–Crippen MR) is 140 cm³/mol. The standard InChI is InChI=1S/C28H43NO12/c30-18-3-1-16(24(14-18)26(31)32)15-38-41-22-10-8-20(9-11-22)39-19-4-6-21(7-5-19)40-28(35)23-12-2-17(29(36)37)13-25(23)27(33)34/h16-25,30H,1-15H2,(H,31,32)(H,33,34). The smallest absolute Gasteiger partial charge is 0.310 e. The number of rotatable bonds is 11. The third-order valence-electron chi connectivity index (χ3n) is 9.42. The number of hydrogen-bond acceptors (Lipinski definition) is 10. The van der Waals surface area contributed by atoms with Gasteiger partial charge in [0.2, 0.25) is 6.04 Å². The predicted octanol–water partition coefficient (Wildman–Crippen LogP) is 3.12. The molecule has 6 atom stereocenters. The molecule has 0 saturated heterocycles. The van der Waals surface area contributed by atoms with Gasteiger partial charge in [-0.3, -0.25) is 24.5 Å². The van der Waals surface area contributed by atoms with Gasteiger partial charge in [0, 0.05) is 17.8 Å². The number of aliphatic carboxylic acids is 2. The second-order valence-electron chi connectivity index (χ2n) is 12.2. The van der Waals surface area contributed by atoms with Crippen molar-refractivity contribution in [2.24, 2.45) is 23.7 Å². The van der Waals surface area contributed by atoms with Gasteiger partial charge in [0.1, 0.15) is 6.10 Å². The highest BCUT2D eigenvalue weighted by atomic mass is 17.2. The number of esters is 1. The molecule has 0 aromatic rings. The van der Waals surface area contributed by atoms with E-state index in [-0.39, 0.29) is 62.6 Å². The number of aliphatic hydroxyl groups is 1. The molecule has 4 aliphatic carbocycles. The van der Waals surface area contributed by atoms with Crippen LogP contribution >= 0.6 is 0 Å². The fraction of sp³-hybridized carbons (Fsp3) is 0.893. The molecule has 0 aromatic carbocycles. The molecule has 13 nitrogen and oxygen atoms in total. The number of ether oxygens (including phenoxy) is 2. The van der Waals surface area contributed by atoms with Crippen molar-refractivity contribution < 1.29 is 53.9 Å². The van der Waals surface area contributed by atoms with Crippen LogP contribution in [0.3, 0.4) is 0 Å². The Morgan fingerprint density at radius 1 is 0.707 bits per heavy atom. The van der Waals surface area contributed by atoms with Crippen molar-refractivity contribution >= 4 is 17.9 Å². The molecule has 0 amide bonds. The minimum atomic E-state index is -1.20. The topological polar surface area (TPSA) is 192 Å². The highest BCUT2D eigenvalue weighted by Crippen LogP contribution is 2.35. The number of carbonyl (C=O) groups excluding carboxylic acids is 1. The fourth-order valence-corrected chi connectivity index (χ4v) is 6.91. The molecule has 0 heterocycles.